The molecule has 1 N–H and O–H groups in total. The quantitative estimate of drug-likeness (QED) is 0.755. The number of nitrogens with one attached hydrogen (secondary N) is 1. The third kappa shape index (κ3) is 5.42. The summed E-state index contributed by atoms with van der Waals surface area (Å²) in [5.41, 5.74) is 2.70. The van der Waals surface area contributed by atoms with Crippen LogP contribution < -0.4 is 5.32 Å². The molecule has 21 heavy (non-hydrogen) atoms. The van der Waals surface area contributed by atoms with Gasteiger partial charge in [-0.1, -0.05) is 38.1 Å². The number of ether oxygens (including phenoxy) is 2. The lowest BCUT2D eigenvalue weighted by Gasteiger charge is -2.20. The summed E-state index contributed by atoms with van der Waals surface area (Å²) in [4.78, 5) is 0. The molecule has 3 nitrogen and oxygen atoms in total. The van der Waals surface area contributed by atoms with Gasteiger partial charge in [0.05, 0.1) is 25.4 Å². The SMILES string of the molecule is CCCNC(COCC1CCCO1)c1ccc(CC)cc1. The van der Waals surface area contributed by atoms with Crippen LogP contribution in [0.5, 0.6) is 0 Å². The van der Waals surface area contributed by atoms with Gasteiger partial charge in [-0.3, -0.25) is 0 Å². The first kappa shape index (κ1) is 16.5. The average molecular weight is 291 g/mol. The zero-order valence-corrected chi connectivity index (χ0v) is 13.4. The molecule has 0 saturated carbocycles. The summed E-state index contributed by atoms with van der Waals surface area (Å²) < 4.78 is 11.5. The van der Waals surface area contributed by atoms with Gasteiger partial charge in [-0.15, -0.1) is 0 Å². The molecule has 0 bridgehead atoms. The van der Waals surface area contributed by atoms with Crippen molar-refractivity contribution in [2.45, 2.75) is 51.7 Å². The van der Waals surface area contributed by atoms with Crippen molar-refractivity contribution in [3.05, 3.63) is 35.4 Å². The van der Waals surface area contributed by atoms with Gasteiger partial charge in [0.1, 0.15) is 0 Å². The smallest absolute Gasteiger partial charge is 0.0809 e. The summed E-state index contributed by atoms with van der Waals surface area (Å²) >= 11 is 0. The standard InChI is InChI=1S/C18H29NO2/c1-3-11-19-18(14-20-13-17-6-5-12-21-17)16-9-7-15(4-2)8-10-16/h7-10,17-19H,3-6,11-14H2,1-2H3. The fourth-order valence-electron chi connectivity index (χ4n) is 2.67. The second kappa shape index (κ2) is 9.19. The Kier molecular flexibility index (Phi) is 7.20. The Morgan fingerprint density at radius 1 is 1.29 bits per heavy atom. The molecule has 0 radical (unpaired) electrons. The van der Waals surface area contributed by atoms with Crippen molar-refractivity contribution in [1.29, 1.82) is 0 Å². The second-order valence-corrected chi connectivity index (χ2v) is 5.77. The predicted octanol–water partition coefficient (Wildman–Crippen LogP) is 3.49. The molecule has 1 aromatic rings. The van der Waals surface area contributed by atoms with Gasteiger partial charge in [-0.05, 0) is 43.4 Å². The predicted molar refractivity (Wildman–Crippen MR) is 86.6 cm³/mol. The molecule has 3 heteroatoms. The number of rotatable bonds is 9. The van der Waals surface area contributed by atoms with E-state index in [1.807, 2.05) is 0 Å². The molecular weight excluding hydrogens is 262 g/mol. The monoisotopic (exact) mass is 291 g/mol. The van der Waals surface area contributed by atoms with Crippen LogP contribution in [-0.2, 0) is 15.9 Å². The minimum Gasteiger partial charge on any atom is -0.377 e. The Labute approximate surface area is 129 Å². The molecule has 1 aromatic carbocycles. The highest BCUT2D eigenvalue weighted by atomic mass is 16.5. The summed E-state index contributed by atoms with van der Waals surface area (Å²) in [5, 5.41) is 3.58. The molecule has 1 heterocycles. The van der Waals surface area contributed by atoms with E-state index in [1.54, 1.807) is 0 Å². The molecule has 1 aliphatic heterocycles. The van der Waals surface area contributed by atoms with E-state index in [0.717, 1.165) is 39.0 Å². The molecule has 2 rings (SSSR count). The minimum atomic E-state index is 0.275. The van der Waals surface area contributed by atoms with Crippen molar-refractivity contribution < 1.29 is 9.47 Å². The molecule has 2 atom stereocenters. The van der Waals surface area contributed by atoms with Gasteiger partial charge in [0, 0.05) is 6.61 Å². The van der Waals surface area contributed by atoms with Gasteiger partial charge in [0.2, 0.25) is 0 Å². The Morgan fingerprint density at radius 2 is 2.10 bits per heavy atom. The first-order chi connectivity index (χ1) is 10.3. The van der Waals surface area contributed by atoms with E-state index < -0.39 is 0 Å². The normalized spacial score (nSPS) is 19.8. The van der Waals surface area contributed by atoms with Crippen LogP contribution in [0.1, 0.15) is 50.3 Å². The summed E-state index contributed by atoms with van der Waals surface area (Å²) in [5.74, 6) is 0. The van der Waals surface area contributed by atoms with Gasteiger partial charge >= 0.3 is 0 Å². The van der Waals surface area contributed by atoms with E-state index in [1.165, 1.54) is 17.5 Å². The highest BCUT2D eigenvalue weighted by Crippen LogP contribution is 2.17. The van der Waals surface area contributed by atoms with Crippen molar-refractivity contribution in [3.8, 4) is 0 Å². The van der Waals surface area contributed by atoms with Crippen LogP contribution in [0.3, 0.4) is 0 Å². The second-order valence-electron chi connectivity index (χ2n) is 5.77. The number of benzene rings is 1. The summed E-state index contributed by atoms with van der Waals surface area (Å²) in [6.45, 7) is 7.72. The van der Waals surface area contributed by atoms with E-state index in [-0.39, 0.29) is 6.04 Å². The molecule has 0 amide bonds. The zero-order chi connectivity index (χ0) is 14.9. The molecule has 1 fully saturated rings. The van der Waals surface area contributed by atoms with E-state index >= 15 is 0 Å². The Bertz CT molecular complexity index is 385. The fraction of sp³-hybridized carbons (Fsp3) is 0.667. The van der Waals surface area contributed by atoms with E-state index in [0.29, 0.717) is 12.7 Å². The number of aryl methyl sites for hydroxylation is 1. The lowest BCUT2D eigenvalue weighted by Crippen LogP contribution is -2.28. The molecule has 1 aliphatic rings. The number of hydrogen-bond donors (Lipinski definition) is 1. The summed E-state index contributed by atoms with van der Waals surface area (Å²) in [6, 6.07) is 9.16. The van der Waals surface area contributed by atoms with Crippen LogP contribution in [0, 0.1) is 0 Å². The maximum Gasteiger partial charge on any atom is 0.0809 e. The van der Waals surface area contributed by atoms with Crippen molar-refractivity contribution in [2.24, 2.45) is 0 Å². The van der Waals surface area contributed by atoms with E-state index in [4.69, 9.17) is 9.47 Å². The van der Waals surface area contributed by atoms with Gasteiger partial charge in [0.25, 0.3) is 0 Å². The van der Waals surface area contributed by atoms with Gasteiger partial charge in [-0.2, -0.15) is 0 Å². The summed E-state index contributed by atoms with van der Waals surface area (Å²) in [6.07, 6.45) is 4.83. The van der Waals surface area contributed by atoms with E-state index in [9.17, 15) is 0 Å². The first-order valence-electron chi connectivity index (χ1n) is 8.35. The van der Waals surface area contributed by atoms with E-state index in [2.05, 4.69) is 43.4 Å². The van der Waals surface area contributed by atoms with Crippen molar-refractivity contribution >= 4 is 0 Å². The maximum absolute atomic E-state index is 5.90. The van der Waals surface area contributed by atoms with Gasteiger partial charge in [-0.25, -0.2) is 0 Å². The Balaban J connectivity index is 1.85. The maximum atomic E-state index is 5.90. The topological polar surface area (TPSA) is 30.5 Å². The first-order valence-corrected chi connectivity index (χ1v) is 8.35. The van der Waals surface area contributed by atoms with Crippen molar-refractivity contribution in [2.75, 3.05) is 26.4 Å². The molecule has 118 valence electrons. The Hall–Kier alpha value is -0.900. The molecule has 2 unspecified atom stereocenters. The largest absolute Gasteiger partial charge is 0.377 e. The zero-order valence-electron chi connectivity index (χ0n) is 13.4. The third-order valence-corrected chi connectivity index (χ3v) is 4.04. The molecule has 0 aliphatic carbocycles. The van der Waals surface area contributed by atoms with Gasteiger partial charge in [0.15, 0.2) is 0 Å². The van der Waals surface area contributed by atoms with Crippen LogP contribution in [0.4, 0.5) is 0 Å². The van der Waals surface area contributed by atoms with Crippen LogP contribution in [0.15, 0.2) is 24.3 Å². The van der Waals surface area contributed by atoms with Crippen LogP contribution >= 0.6 is 0 Å². The molecule has 1 saturated heterocycles. The van der Waals surface area contributed by atoms with Crippen molar-refractivity contribution in [3.63, 3.8) is 0 Å². The fourth-order valence-corrected chi connectivity index (χ4v) is 2.67. The number of hydrogen-bond acceptors (Lipinski definition) is 3. The summed E-state index contributed by atoms with van der Waals surface area (Å²) in [7, 11) is 0. The van der Waals surface area contributed by atoms with Crippen LogP contribution in [-0.4, -0.2) is 32.5 Å². The van der Waals surface area contributed by atoms with Crippen molar-refractivity contribution in [1.82, 2.24) is 5.32 Å². The average Bonchev–Trinajstić information content (AvgIpc) is 3.04. The molecular formula is C18H29NO2. The lowest BCUT2D eigenvalue weighted by molar-refractivity contribution is 0.00997. The minimum absolute atomic E-state index is 0.275. The highest BCUT2D eigenvalue weighted by molar-refractivity contribution is 5.25. The third-order valence-electron chi connectivity index (χ3n) is 4.04. The highest BCUT2D eigenvalue weighted by Gasteiger charge is 2.17. The van der Waals surface area contributed by atoms with Gasteiger partial charge < -0.3 is 14.8 Å². The van der Waals surface area contributed by atoms with Crippen LogP contribution in [0.25, 0.3) is 0 Å². The molecule has 0 aromatic heterocycles. The van der Waals surface area contributed by atoms with Crippen LogP contribution in [0.2, 0.25) is 0 Å². The molecule has 0 spiro atoms. The lowest BCUT2D eigenvalue weighted by atomic mass is 10.0. The Morgan fingerprint density at radius 3 is 2.71 bits per heavy atom.